The molecule has 0 aromatic heterocycles. The Kier molecular flexibility index (Phi) is 7.20. The van der Waals surface area contributed by atoms with Crippen molar-refractivity contribution in [1.29, 1.82) is 0 Å². The molecule has 0 aliphatic carbocycles. The highest BCUT2D eigenvalue weighted by Crippen LogP contribution is 2.31. The first-order valence-electron chi connectivity index (χ1n) is 8.91. The van der Waals surface area contributed by atoms with E-state index < -0.39 is 21.7 Å². The molecule has 1 heterocycles. The Morgan fingerprint density at radius 3 is 2.53 bits per heavy atom. The smallest absolute Gasteiger partial charge is 0.253 e. The highest BCUT2D eigenvalue weighted by molar-refractivity contribution is 7.89. The lowest BCUT2D eigenvalue weighted by molar-refractivity contribution is 0.0730. The SMILES string of the molecule is COc1ccc(CNC(=O)c2cc(S(=O)(=O)N3CCOCC3)c(Cl)cc2Cl)cc1F. The second kappa shape index (κ2) is 9.49. The van der Waals surface area contributed by atoms with Gasteiger partial charge in [0.25, 0.3) is 5.91 Å². The molecular weight excluding hydrogens is 458 g/mol. The zero-order chi connectivity index (χ0) is 21.9. The summed E-state index contributed by atoms with van der Waals surface area (Å²) in [5.74, 6) is -1.09. The lowest BCUT2D eigenvalue weighted by Crippen LogP contribution is -2.40. The standard InChI is InChI=1S/C19H19Cl2FN2O5S/c1-28-17-3-2-12(8-16(17)22)11-23-19(25)13-9-18(15(21)10-14(13)20)30(26,27)24-4-6-29-7-5-24/h2-3,8-10H,4-7,11H2,1H3,(H,23,25). The summed E-state index contributed by atoms with van der Waals surface area (Å²) in [6.07, 6.45) is 0. The van der Waals surface area contributed by atoms with Crippen molar-refractivity contribution in [1.82, 2.24) is 9.62 Å². The van der Waals surface area contributed by atoms with E-state index in [0.717, 1.165) is 6.07 Å². The fourth-order valence-corrected chi connectivity index (χ4v) is 5.17. The van der Waals surface area contributed by atoms with E-state index in [9.17, 15) is 17.6 Å². The number of hydrogen-bond donors (Lipinski definition) is 1. The van der Waals surface area contributed by atoms with Crippen LogP contribution in [0.5, 0.6) is 5.75 Å². The van der Waals surface area contributed by atoms with Crippen LogP contribution < -0.4 is 10.1 Å². The fourth-order valence-electron chi connectivity index (χ4n) is 2.92. The lowest BCUT2D eigenvalue weighted by atomic mass is 10.2. The summed E-state index contributed by atoms with van der Waals surface area (Å²) in [6, 6.07) is 6.65. The van der Waals surface area contributed by atoms with Gasteiger partial charge in [-0.05, 0) is 29.8 Å². The van der Waals surface area contributed by atoms with Gasteiger partial charge in [0, 0.05) is 19.6 Å². The van der Waals surface area contributed by atoms with Crippen molar-refractivity contribution >= 4 is 39.1 Å². The number of nitrogens with zero attached hydrogens (tertiary/aromatic N) is 1. The highest BCUT2D eigenvalue weighted by Gasteiger charge is 2.30. The second-order valence-corrected chi connectivity index (χ2v) is 9.15. The maximum absolute atomic E-state index is 13.8. The van der Waals surface area contributed by atoms with Crippen LogP contribution in [0.2, 0.25) is 10.0 Å². The summed E-state index contributed by atoms with van der Waals surface area (Å²) < 4.78 is 51.0. The van der Waals surface area contributed by atoms with Crippen LogP contribution in [0.4, 0.5) is 4.39 Å². The molecule has 1 fully saturated rings. The number of morpholine rings is 1. The third-order valence-corrected chi connectivity index (χ3v) is 7.20. The van der Waals surface area contributed by atoms with E-state index in [4.69, 9.17) is 32.7 Å². The van der Waals surface area contributed by atoms with Gasteiger partial charge in [0.2, 0.25) is 10.0 Å². The van der Waals surface area contributed by atoms with Gasteiger partial charge in [0.15, 0.2) is 11.6 Å². The topological polar surface area (TPSA) is 84.9 Å². The minimum absolute atomic E-state index is 0.000612. The first-order valence-corrected chi connectivity index (χ1v) is 11.1. The summed E-state index contributed by atoms with van der Waals surface area (Å²) >= 11 is 12.3. The Bertz CT molecular complexity index is 1060. The van der Waals surface area contributed by atoms with Crippen LogP contribution in [0.1, 0.15) is 15.9 Å². The number of hydrogen-bond acceptors (Lipinski definition) is 5. The Morgan fingerprint density at radius 2 is 1.90 bits per heavy atom. The number of carbonyl (C=O) groups excluding carboxylic acids is 1. The van der Waals surface area contributed by atoms with Gasteiger partial charge in [-0.3, -0.25) is 4.79 Å². The van der Waals surface area contributed by atoms with Crippen molar-refractivity contribution < 1.29 is 27.1 Å². The van der Waals surface area contributed by atoms with E-state index >= 15 is 0 Å². The number of nitrogens with one attached hydrogen (secondary N) is 1. The zero-order valence-corrected chi connectivity index (χ0v) is 18.3. The molecule has 1 saturated heterocycles. The number of halogens is 3. The number of benzene rings is 2. The van der Waals surface area contributed by atoms with Gasteiger partial charge < -0.3 is 14.8 Å². The van der Waals surface area contributed by atoms with Crippen LogP contribution in [0.3, 0.4) is 0 Å². The molecule has 0 unspecified atom stereocenters. The predicted octanol–water partition coefficient (Wildman–Crippen LogP) is 3.09. The molecule has 0 bridgehead atoms. The molecule has 2 aromatic rings. The van der Waals surface area contributed by atoms with Crippen molar-refractivity contribution in [2.75, 3.05) is 33.4 Å². The normalized spacial score (nSPS) is 15.1. The molecule has 0 radical (unpaired) electrons. The van der Waals surface area contributed by atoms with E-state index in [1.165, 1.54) is 29.6 Å². The molecular formula is C19H19Cl2FN2O5S. The van der Waals surface area contributed by atoms with Crippen molar-refractivity contribution in [2.24, 2.45) is 0 Å². The second-order valence-electron chi connectivity index (χ2n) is 6.43. The van der Waals surface area contributed by atoms with Gasteiger partial charge in [-0.25, -0.2) is 12.8 Å². The van der Waals surface area contributed by atoms with E-state index in [1.54, 1.807) is 6.07 Å². The van der Waals surface area contributed by atoms with Crippen LogP contribution in [0, 0.1) is 5.82 Å². The summed E-state index contributed by atoms with van der Waals surface area (Å²) in [7, 11) is -2.57. The van der Waals surface area contributed by atoms with Gasteiger partial charge in [-0.1, -0.05) is 29.3 Å². The summed E-state index contributed by atoms with van der Waals surface area (Å²) in [5, 5.41) is 2.51. The number of ether oxygens (including phenoxy) is 2. The highest BCUT2D eigenvalue weighted by atomic mass is 35.5. The first-order chi connectivity index (χ1) is 14.2. The monoisotopic (exact) mass is 476 g/mol. The van der Waals surface area contributed by atoms with Crippen LogP contribution in [0.15, 0.2) is 35.2 Å². The fraction of sp³-hybridized carbons (Fsp3) is 0.316. The van der Waals surface area contributed by atoms with Crippen LogP contribution in [0.25, 0.3) is 0 Å². The van der Waals surface area contributed by atoms with Crippen molar-refractivity contribution in [2.45, 2.75) is 11.4 Å². The molecule has 0 atom stereocenters. The van der Waals surface area contributed by atoms with Crippen LogP contribution in [-0.4, -0.2) is 52.0 Å². The van der Waals surface area contributed by atoms with Crippen molar-refractivity contribution in [3.63, 3.8) is 0 Å². The number of carbonyl (C=O) groups is 1. The summed E-state index contributed by atoms with van der Waals surface area (Å²) in [6.45, 7) is 0.925. The summed E-state index contributed by atoms with van der Waals surface area (Å²) in [4.78, 5) is 12.4. The van der Waals surface area contributed by atoms with Crippen LogP contribution >= 0.6 is 23.2 Å². The van der Waals surface area contributed by atoms with E-state index in [2.05, 4.69) is 5.32 Å². The van der Waals surface area contributed by atoms with Gasteiger partial charge >= 0.3 is 0 Å². The number of methoxy groups -OCH3 is 1. The minimum Gasteiger partial charge on any atom is -0.494 e. The molecule has 7 nitrogen and oxygen atoms in total. The van der Waals surface area contributed by atoms with Crippen molar-refractivity contribution in [3.05, 3.63) is 57.3 Å². The number of rotatable bonds is 6. The molecule has 3 rings (SSSR count). The molecule has 1 aliphatic rings. The molecule has 1 amide bonds. The third kappa shape index (κ3) is 4.87. The Hall–Kier alpha value is -1.91. The maximum Gasteiger partial charge on any atom is 0.253 e. The Morgan fingerprint density at radius 1 is 1.20 bits per heavy atom. The molecule has 1 N–H and O–H groups in total. The maximum atomic E-state index is 13.8. The van der Waals surface area contributed by atoms with Gasteiger partial charge in [0.1, 0.15) is 4.90 Å². The number of sulfonamides is 1. The summed E-state index contributed by atoms with van der Waals surface area (Å²) in [5.41, 5.74) is 0.440. The van der Waals surface area contributed by atoms with Gasteiger partial charge in [-0.15, -0.1) is 0 Å². The Labute approximate surface area is 183 Å². The van der Waals surface area contributed by atoms with Gasteiger partial charge in [0.05, 0.1) is 35.9 Å². The first kappa shape index (κ1) is 22.8. The largest absolute Gasteiger partial charge is 0.494 e. The predicted molar refractivity (Wildman–Crippen MR) is 110 cm³/mol. The third-order valence-electron chi connectivity index (χ3n) is 4.52. The van der Waals surface area contributed by atoms with E-state index in [0.29, 0.717) is 5.56 Å². The molecule has 0 saturated carbocycles. The molecule has 2 aromatic carbocycles. The van der Waals surface area contributed by atoms with Crippen LogP contribution in [-0.2, 0) is 21.3 Å². The molecule has 162 valence electrons. The Balaban J connectivity index is 1.82. The molecule has 30 heavy (non-hydrogen) atoms. The van der Waals surface area contributed by atoms with E-state index in [1.807, 2.05) is 0 Å². The number of amides is 1. The quantitative estimate of drug-likeness (QED) is 0.692. The lowest BCUT2D eigenvalue weighted by Gasteiger charge is -2.26. The van der Waals surface area contributed by atoms with Crippen molar-refractivity contribution in [3.8, 4) is 5.75 Å². The molecule has 1 aliphatic heterocycles. The molecule has 0 spiro atoms. The zero-order valence-electron chi connectivity index (χ0n) is 16.0. The molecule has 11 heteroatoms. The minimum atomic E-state index is -3.93. The average Bonchev–Trinajstić information content (AvgIpc) is 2.72. The van der Waals surface area contributed by atoms with E-state index in [-0.39, 0.29) is 59.1 Å². The average molecular weight is 477 g/mol. The van der Waals surface area contributed by atoms with Gasteiger partial charge in [-0.2, -0.15) is 4.31 Å².